The van der Waals surface area contributed by atoms with Crippen LogP contribution >= 0.6 is 0 Å². The summed E-state index contributed by atoms with van der Waals surface area (Å²) in [6.07, 6.45) is 0. The molecule has 2 heteroatoms. The molecule has 1 N–H and O–H groups in total. The molecule has 0 saturated carbocycles. The van der Waals surface area contributed by atoms with Crippen LogP contribution in [-0.4, -0.2) is 24.0 Å². The Morgan fingerprint density at radius 3 is 2.25 bits per heavy atom. The van der Waals surface area contributed by atoms with E-state index in [2.05, 4.69) is 85.5 Å². The lowest BCUT2D eigenvalue weighted by molar-refractivity contribution is 0.343. The first-order valence-electron chi connectivity index (χ1n) is 6.97. The number of aromatic nitrogens is 1. The van der Waals surface area contributed by atoms with Crippen molar-refractivity contribution in [2.24, 2.45) is 0 Å². The third kappa shape index (κ3) is 2.12. The highest BCUT2D eigenvalue weighted by Gasteiger charge is 2.22. The summed E-state index contributed by atoms with van der Waals surface area (Å²) in [6, 6.07) is 19.5. The van der Waals surface area contributed by atoms with Crippen LogP contribution in [-0.2, 0) is 0 Å². The normalized spacial score (nSPS) is 13.0. The fourth-order valence-corrected chi connectivity index (χ4v) is 3.01. The maximum atomic E-state index is 3.51. The number of nitrogens with one attached hydrogen (secondary N) is 1. The van der Waals surface area contributed by atoms with Crippen molar-refractivity contribution < 1.29 is 0 Å². The second kappa shape index (κ2) is 5.14. The van der Waals surface area contributed by atoms with Crippen LogP contribution in [0.15, 0.2) is 54.6 Å². The molecule has 0 radical (unpaired) electrons. The Morgan fingerprint density at radius 1 is 0.900 bits per heavy atom. The minimum Gasteiger partial charge on any atom is -0.358 e. The van der Waals surface area contributed by atoms with E-state index in [0.717, 1.165) is 0 Å². The highest BCUT2D eigenvalue weighted by atomic mass is 15.1. The number of nitrogens with zero attached hydrogens (tertiary/aromatic N) is 1. The van der Waals surface area contributed by atoms with Crippen molar-refractivity contribution in [3.63, 3.8) is 0 Å². The molecule has 1 heterocycles. The maximum absolute atomic E-state index is 3.51. The monoisotopic (exact) mass is 264 g/mol. The van der Waals surface area contributed by atoms with E-state index in [1.165, 1.54) is 27.7 Å². The molecule has 0 fully saturated rings. The summed E-state index contributed by atoms with van der Waals surface area (Å²) in [5.41, 5.74) is 5.15. The molecule has 1 unspecified atom stereocenters. The van der Waals surface area contributed by atoms with Crippen LogP contribution in [0.5, 0.6) is 0 Å². The van der Waals surface area contributed by atoms with Gasteiger partial charge in [0.05, 0.1) is 6.04 Å². The van der Waals surface area contributed by atoms with Gasteiger partial charge in [0.15, 0.2) is 0 Å². The average molecular weight is 264 g/mol. The average Bonchev–Trinajstić information content (AvgIpc) is 2.77. The summed E-state index contributed by atoms with van der Waals surface area (Å²) in [5, 5.41) is 1.31. The minimum atomic E-state index is 0.271. The molecular weight excluding hydrogens is 244 g/mol. The zero-order chi connectivity index (χ0) is 14.1. The Morgan fingerprint density at radius 2 is 1.55 bits per heavy atom. The van der Waals surface area contributed by atoms with Crippen LogP contribution in [0.1, 0.15) is 22.9 Å². The first-order valence-corrected chi connectivity index (χ1v) is 6.97. The first-order chi connectivity index (χ1) is 9.68. The molecule has 0 spiro atoms. The molecule has 102 valence electrons. The van der Waals surface area contributed by atoms with Gasteiger partial charge in [-0.1, -0.05) is 48.5 Å². The Bertz CT molecular complexity index is 711. The molecule has 3 rings (SSSR count). The minimum absolute atomic E-state index is 0.271. The molecule has 3 aromatic rings. The van der Waals surface area contributed by atoms with E-state index in [9.17, 15) is 0 Å². The van der Waals surface area contributed by atoms with Gasteiger partial charge in [0.1, 0.15) is 0 Å². The van der Waals surface area contributed by atoms with Gasteiger partial charge in [-0.15, -0.1) is 0 Å². The smallest absolute Gasteiger partial charge is 0.0620 e. The molecule has 1 aromatic heterocycles. The van der Waals surface area contributed by atoms with Gasteiger partial charge in [0.25, 0.3) is 0 Å². The quantitative estimate of drug-likeness (QED) is 0.753. The molecule has 0 aliphatic carbocycles. The highest BCUT2D eigenvalue weighted by Crippen LogP contribution is 2.34. The Labute approximate surface area is 120 Å². The molecule has 20 heavy (non-hydrogen) atoms. The Balaban J connectivity index is 2.23. The molecule has 0 aliphatic heterocycles. The van der Waals surface area contributed by atoms with Crippen molar-refractivity contribution in [2.45, 2.75) is 13.0 Å². The largest absolute Gasteiger partial charge is 0.358 e. The molecular formula is C18H20N2. The van der Waals surface area contributed by atoms with Crippen LogP contribution < -0.4 is 0 Å². The predicted molar refractivity (Wildman–Crippen MR) is 85.0 cm³/mol. The van der Waals surface area contributed by atoms with E-state index in [1.54, 1.807) is 0 Å². The summed E-state index contributed by atoms with van der Waals surface area (Å²) < 4.78 is 0. The number of para-hydroxylation sites is 1. The molecule has 0 saturated heterocycles. The van der Waals surface area contributed by atoms with E-state index in [-0.39, 0.29) is 6.04 Å². The van der Waals surface area contributed by atoms with E-state index < -0.39 is 0 Å². The lowest BCUT2D eigenvalue weighted by Crippen LogP contribution is -2.21. The standard InChI is InChI=1S/C18H20N2/c1-13-17(15-11-7-8-12-16(15)19-13)18(20(2)3)14-9-5-4-6-10-14/h4-12,18-19H,1-3H3. The van der Waals surface area contributed by atoms with E-state index >= 15 is 0 Å². The molecule has 2 aromatic carbocycles. The number of hydrogen-bond donors (Lipinski definition) is 1. The van der Waals surface area contributed by atoms with Crippen LogP contribution in [0.3, 0.4) is 0 Å². The molecule has 0 amide bonds. The van der Waals surface area contributed by atoms with E-state index in [4.69, 9.17) is 0 Å². The summed E-state index contributed by atoms with van der Waals surface area (Å²) >= 11 is 0. The Kier molecular flexibility index (Phi) is 3.33. The van der Waals surface area contributed by atoms with Crippen LogP contribution in [0.4, 0.5) is 0 Å². The van der Waals surface area contributed by atoms with Crippen molar-refractivity contribution >= 4 is 10.9 Å². The number of aromatic amines is 1. The fraction of sp³-hybridized carbons (Fsp3) is 0.222. The summed E-state index contributed by atoms with van der Waals surface area (Å²) in [4.78, 5) is 5.78. The van der Waals surface area contributed by atoms with Gasteiger partial charge in [-0.2, -0.15) is 0 Å². The summed E-state index contributed by atoms with van der Waals surface area (Å²) in [7, 11) is 4.28. The first kappa shape index (κ1) is 12.9. The van der Waals surface area contributed by atoms with Crippen molar-refractivity contribution in [2.75, 3.05) is 14.1 Å². The fourth-order valence-electron chi connectivity index (χ4n) is 3.01. The topological polar surface area (TPSA) is 19.0 Å². The molecule has 2 nitrogen and oxygen atoms in total. The molecule has 0 bridgehead atoms. The number of hydrogen-bond acceptors (Lipinski definition) is 1. The van der Waals surface area contributed by atoms with Gasteiger partial charge >= 0.3 is 0 Å². The van der Waals surface area contributed by atoms with Crippen molar-refractivity contribution in [3.05, 3.63) is 71.4 Å². The highest BCUT2D eigenvalue weighted by molar-refractivity contribution is 5.85. The van der Waals surface area contributed by atoms with Gasteiger partial charge in [-0.05, 0) is 32.6 Å². The SMILES string of the molecule is Cc1[nH]c2ccccc2c1C(c1ccccc1)N(C)C. The Hall–Kier alpha value is -2.06. The molecule has 0 aliphatic rings. The molecule has 1 atom stereocenters. The third-order valence-electron chi connectivity index (χ3n) is 3.85. The zero-order valence-electron chi connectivity index (χ0n) is 12.2. The second-order valence-corrected chi connectivity index (χ2v) is 5.49. The van der Waals surface area contributed by atoms with Gasteiger partial charge in [0.2, 0.25) is 0 Å². The van der Waals surface area contributed by atoms with Crippen LogP contribution in [0.25, 0.3) is 10.9 Å². The van der Waals surface area contributed by atoms with Crippen LogP contribution in [0, 0.1) is 6.92 Å². The number of fused-ring (bicyclic) bond motifs is 1. The maximum Gasteiger partial charge on any atom is 0.0620 e. The van der Waals surface area contributed by atoms with Crippen molar-refractivity contribution in [1.29, 1.82) is 0 Å². The van der Waals surface area contributed by atoms with Crippen molar-refractivity contribution in [1.82, 2.24) is 9.88 Å². The zero-order valence-corrected chi connectivity index (χ0v) is 12.2. The predicted octanol–water partition coefficient (Wildman–Crippen LogP) is 4.13. The number of rotatable bonds is 3. The number of benzene rings is 2. The summed E-state index contributed by atoms with van der Waals surface area (Å²) in [5.74, 6) is 0. The van der Waals surface area contributed by atoms with Gasteiger partial charge < -0.3 is 4.98 Å². The van der Waals surface area contributed by atoms with Gasteiger partial charge in [-0.25, -0.2) is 0 Å². The number of H-pyrrole nitrogens is 1. The summed E-state index contributed by atoms with van der Waals surface area (Å²) in [6.45, 7) is 2.16. The van der Waals surface area contributed by atoms with E-state index in [1.807, 2.05) is 0 Å². The third-order valence-corrected chi connectivity index (χ3v) is 3.85. The van der Waals surface area contributed by atoms with Crippen LogP contribution in [0.2, 0.25) is 0 Å². The van der Waals surface area contributed by atoms with Crippen molar-refractivity contribution in [3.8, 4) is 0 Å². The van der Waals surface area contributed by atoms with Gasteiger partial charge in [-0.3, -0.25) is 4.90 Å². The second-order valence-electron chi connectivity index (χ2n) is 5.49. The van der Waals surface area contributed by atoms with E-state index in [0.29, 0.717) is 0 Å². The lowest BCUT2D eigenvalue weighted by atomic mass is 9.95. The lowest BCUT2D eigenvalue weighted by Gasteiger charge is -2.25. The number of aryl methyl sites for hydroxylation is 1. The van der Waals surface area contributed by atoms with Gasteiger partial charge in [0, 0.05) is 22.2 Å².